The van der Waals surface area contributed by atoms with E-state index in [1.165, 1.54) is 0 Å². The van der Waals surface area contributed by atoms with E-state index >= 15 is 0 Å². The quantitative estimate of drug-likeness (QED) is 0.790. The lowest BCUT2D eigenvalue weighted by atomic mass is 10.9. The van der Waals surface area contributed by atoms with Crippen molar-refractivity contribution in [2.24, 2.45) is 0 Å². The molecule has 1 aromatic rings. The summed E-state index contributed by atoms with van der Waals surface area (Å²) in [6.07, 6.45) is 1.77. The topological polar surface area (TPSA) is 38.7 Å². The molecule has 0 aliphatic heterocycles. The summed E-state index contributed by atoms with van der Waals surface area (Å²) in [5.41, 5.74) is 0. The summed E-state index contributed by atoms with van der Waals surface area (Å²) in [6.45, 7) is 13.8. The van der Waals surface area contributed by atoms with Crippen LogP contribution in [0.5, 0.6) is 0 Å². The second-order valence-electron chi connectivity index (χ2n) is 5.51. The lowest BCUT2D eigenvalue weighted by molar-refractivity contribution is 0.787. The zero-order chi connectivity index (χ0) is 12.4. The molecule has 0 aliphatic carbocycles. The Morgan fingerprint density at radius 3 is 2.00 bits per heavy atom. The Balaban J connectivity index is 2.79. The van der Waals surface area contributed by atoms with Gasteiger partial charge in [0.1, 0.15) is 19.5 Å². The molecule has 0 saturated heterocycles. The van der Waals surface area contributed by atoms with E-state index in [-0.39, 0.29) is 0 Å². The summed E-state index contributed by atoms with van der Waals surface area (Å²) < 4.78 is 0. The molecule has 1 aromatic heterocycles. The first-order chi connectivity index (χ1) is 7.16. The fourth-order valence-electron chi connectivity index (χ4n) is 0.953. The summed E-state index contributed by atoms with van der Waals surface area (Å²) in [5, 5.41) is 10.00. The van der Waals surface area contributed by atoms with Gasteiger partial charge >= 0.3 is 0 Å². The molecule has 90 valence electrons. The SMILES string of the molecule is C[Si](C)(C)Sc1cnnc(S[Si](C)(C)C)n1. The number of hydrogen-bond donors (Lipinski definition) is 0. The van der Waals surface area contributed by atoms with Gasteiger partial charge in [-0.15, -0.1) is 27.5 Å². The molecule has 16 heavy (non-hydrogen) atoms. The molecule has 0 amide bonds. The van der Waals surface area contributed by atoms with Gasteiger partial charge in [0.05, 0.1) is 6.20 Å². The van der Waals surface area contributed by atoms with Crippen molar-refractivity contribution in [1.29, 1.82) is 0 Å². The Kier molecular flexibility index (Phi) is 4.61. The van der Waals surface area contributed by atoms with Crippen LogP contribution in [0, 0.1) is 0 Å². The van der Waals surface area contributed by atoms with Crippen molar-refractivity contribution in [3.8, 4) is 0 Å². The van der Waals surface area contributed by atoms with Gasteiger partial charge in [-0.1, -0.05) is 39.3 Å². The van der Waals surface area contributed by atoms with E-state index in [0.29, 0.717) is 0 Å². The molecule has 0 aromatic carbocycles. The maximum atomic E-state index is 4.57. The maximum absolute atomic E-state index is 4.57. The van der Waals surface area contributed by atoms with Crippen LogP contribution in [-0.4, -0.2) is 29.6 Å². The summed E-state index contributed by atoms with van der Waals surface area (Å²) in [6, 6.07) is 0. The summed E-state index contributed by atoms with van der Waals surface area (Å²) in [4.78, 5) is 4.57. The summed E-state index contributed by atoms with van der Waals surface area (Å²) in [5.74, 6) is 0. The van der Waals surface area contributed by atoms with E-state index in [4.69, 9.17) is 0 Å². The highest BCUT2D eigenvalue weighted by atomic mass is 32.4. The fourth-order valence-corrected chi connectivity index (χ4v) is 6.73. The molecule has 0 N–H and O–H groups in total. The minimum Gasteiger partial charge on any atom is -0.214 e. The van der Waals surface area contributed by atoms with Crippen LogP contribution in [0.25, 0.3) is 0 Å². The Labute approximate surface area is 108 Å². The van der Waals surface area contributed by atoms with Crippen LogP contribution < -0.4 is 0 Å². The van der Waals surface area contributed by atoms with Gasteiger partial charge in [-0.05, 0) is 0 Å². The number of hydrogen-bond acceptors (Lipinski definition) is 5. The fraction of sp³-hybridized carbons (Fsp3) is 0.667. The molecule has 0 atom stereocenters. The van der Waals surface area contributed by atoms with E-state index in [1.54, 1.807) is 17.4 Å². The Morgan fingerprint density at radius 2 is 1.50 bits per heavy atom. The van der Waals surface area contributed by atoms with E-state index < -0.39 is 14.4 Å². The molecule has 0 unspecified atom stereocenters. The molecular formula is C9H19N3S2Si2. The van der Waals surface area contributed by atoms with Crippen LogP contribution >= 0.6 is 22.4 Å². The first kappa shape index (κ1) is 14.2. The lowest BCUT2D eigenvalue weighted by Crippen LogP contribution is -2.16. The third-order valence-electron chi connectivity index (χ3n) is 1.33. The normalized spacial score (nSPS) is 12.9. The van der Waals surface area contributed by atoms with Gasteiger partial charge in [-0.2, -0.15) is 5.10 Å². The molecule has 7 heteroatoms. The Hall–Kier alpha value is 0.144. The minimum absolute atomic E-state index is 0.836. The van der Waals surface area contributed by atoms with E-state index in [2.05, 4.69) is 54.5 Å². The van der Waals surface area contributed by atoms with E-state index in [9.17, 15) is 0 Å². The van der Waals surface area contributed by atoms with Gasteiger partial charge in [0, 0.05) is 0 Å². The first-order valence-electron chi connectivity index (χ1n) is 5.23. The largest absolute Gasteiger partial charge is 0.214 e. The van der Waals surface area contributed by atoms with Crippen LogP contribution in [0.4, 0.5) is 0 Å². The van der Waals surface area contributed by atoms with Crippen molar-refractivity contribution in [2.45, 2.75) is 49.5 Å². The molecular weight excluding hydrogens is 270 g/mol. The molecule has 0 saturated carbocycles. The summed E-state index contributed by atoms with van der Waals surface area (Å²) >= 11 is 3.67. The predicted molar refractivity (Wildman–Crippen MR) is 78.2 cm³/mol. The Morgan fingerprint density at radius 1 is 0.938 bits per heavy atom. The highest BCUT2D eigenvalue weighted by Gasteiger charge is 2.20. The van der Waals surface area contributed by atoms with Gasteiger partial charge in [0.15, 0.2) is 0 Å². The zero-order valence-electron chi connectivity index (χ0n) is 10.7. The van der Waals surface area contributed by atoms with Crippen molar-refractivity contribution >= 4 is 36.9 Å². The monoisotopic (exact) mass is 289 g/mol. The number of nitrogens with zero attached hydrogens (tertiary/aromatic N) is 3. The van der Waals surface area contributed by atoms with Crippen LogP contribution in [0.3, 0.4) is 0 Å². The average Bonchev–Trinajstić information content (AvgIpc) is 1.96. The van der Waals surface area contributed by atoms with Crippen molar-refractivity contribution in [3.05, 3.63) is 6.20 Å². The number of rotatable bonds is 4. The second kappa shape index (κ2) is 5.20. The van der Waals surface area contributed by atoms with Gasteiger partial charge < -0.3 is 0 Å². The molecule has 1 heterocycles. The van der Waals surface area contributed by atoms with Crippen LogP contribution in [-0.2, 0) is 0 Å². The van der Waals surface area contributed by atoms with Crippen LogP contribution in [0.15, 0.2) is 16.4 Å². The summed E-state index contributed by atoms with van der Waals surface area (Å²) in [7, 11) is -2.42. The van der Waals surface area contributed by atoms with Crippen molar-refractivity contribution in [1.82, 2.24) is 15.2 Å². The van der Waals surface area contributed by atoms with E-state index in [1.807, 2.05) is 11.2 Å². The molecule has 0 aliphatic rings. The minimum atomic E-state index is -1.23. The van der Waals surface area contributed by atoms with Crippen molar-refractivity contribution in [2.75, 3.05) is 0 Å². The zero-order valence-corrected chi connectivity index (χ0v) is 14.4. The van der Waals surface area contributed by atoms with Crippen LogP contribution in [0.1, 0.15) is 0 Å². The molecule has 0 radical (unpaired) electrons. The highest BCUT2D eigenvalue weighted by Crippen LogP contribution is 2.30. The molecule has 0 fully saturated rings. The van der Waals surface area contributed by atoms with E-state index in [0.717, 1.165) is 10.2 Å². The average molecular weight is 290 g/mol. The first-order valence-corrected chi connectivity index (χ1v) is 15.3. The van der Waals surface area contributed by atoms with Crippen molar-refractivity contribution < 1.29 is 0 Å². The lowest BCUT2D eigenvalue weighted by Gasteiger charge is -2.16. The predicted octanol–water partition coefficient (Wildman–Crippen LogP) is 3.73. The molecule has 0 bridgehead atoms. The highest BCUT2D eigenvalue weighted by molar-refractivity contribution is 8.29. The number of aromatic nitrogens is 3. The van der Waals surface area contributed by atoms with Crippen LogP contribution in [0.2, 0.25) is 39.3 Å². The molecule has 3 nitrogen and oxygen atoms in total. The van der Waals surface area contributed by atoms with Gasteiger partial charge in [-0.3, -0.25) is 0 Å². The smallest absolute Gasteiger partial charge is 0.204 e. The third kappa shape index (κ3) is 6.02. The standard InChI is InChI=1S/C9H19N3S2Si2/c1-15(2,3)13-8-7-10-12-9(11-8)14-16(4,5)6/h7H,1-6H3. The Bertz CT molecular complexity index is 329. The van der Waals surface area contributed by atoms with Crippen molar-refractivity contribution in [3.63, 3.8) is 0 Å². The third-order valence-corrected chi connectivity index (χ3v) is 8.16. The van der Waals surface area contributed by atoms with Gasteiger partial charge in [0.2, 0.25) is 5.16 Å². The van der Waals surface area contributed by atoms with Gasteiger partial charge in [0.25, 0.3) is 0 Å². The second-order valence-corrected chi connectivity index (χ2v) is 23.7. The molecule has 1 rings (SSSR count). The maximum Gasteiger partial charge on any atom is 0.204 e. The van der Waals surface area contributed by atoms with Gasteiger partial charge in [-0.25, -0.2) is 4.98 Å². The molecule has 0 spiro atoms.